The zero-order chi connectivity index (χ0) is 18.4. The number of para-hydroxylation sites is 1. The molecule has 0 atom stereocenters. The zero-order valence-corrected chi connectivity index (χ0v) is 15.8. The molecule has 26 heavy (non-hydrogen) atoms. The first-order valence-corrected chi connectivity index (χ1v) is 9.45. The van der Waals surface area contributed by atoms with E-state index in [0.29, 0.717) is 24.3 Å². The first-order valence-electron chi connectivity index (χ1n) is 8.63. The molecule has 3 heterocycles. The molecule has 6 heteroatoms. The molecule has 0 unspecified atom stereocenters. The van der Waals surface area contributed by atoms with Gasteiger partial charge in [-0.3, -0.25) is 13.9 Å². The lowest BCUT2D eigenvalue weighted by Gasteiger charge is -2.11. The highest BCUT2D eigenvalue weighted by Crippen LogP contribution is 2.27. The summed E-state index contributed by atoms with van der Waals surface area (Å²) in [6.45, 7) is 4.71. The molecule has 5 nitrogen and oxygen atoms in total. The van der Waals surface area contributed by atoms with Crippen molar-refractivity contribution in [2.24, 2.45) is 13.0 Å². The molecule has 4 aromatic rings. The van der Waals surface area contributed by atoms with Crippen molar-refractivity contribution in [1.82, 2.24) is 9.13 Å². The van der Waals surface area contributed by atoms with Gasteiger partial charge in [0.15, 0.2) is 0 Å². The normalized spacial score (nSPS) is 11.8. The Balaban J connectivity index is 1.83. The van der Waals surface area contributed by atoms with Crippen LogP contribution in [0, 0.1) is 5.92 Å². The van der Waals surface area contributed by atoms with Crippen molar-refractivity contribution in [3.8, 4) is 0 Å². The molecule has 0 fully saturated rings. The van der Waals surface area contributed by atoms with E-state index >= 15 is 0 Å². The molecule has 0 saturated carbocycles. The summed E-state index contributed by atoms with van der Waals surface area (Å²) < 4.78 is 8.81. The highest BCUT2D eigenvalue weighted by Gasteiger charge is 2.16. The van der Waals surface area contributed by atoms with Crippen LogP contribution in [0.5, 0.6) is 0 Å². The largest absolute Gasteiger partial charge is 0.461 e. The van der Waals surface area contributed by atoms with Crippen molar-refractivity contribution >= 4 is 32.5 Å². The topological polar surface area (TPSA) is 57.1 Å². The molecule has 0 radical (unpaired) electrons. The Morgan fingerprint density at radius 2 is 1.92 bits per heavy atom. The SMILES string of the molecule is CC(C)Cn1c(=O)n(C)c(=O)c2cc(Cc3cc4ccccc4o3)sc21. The van der Waals surface area contributed by atoms with Crippen LogP contribution in [0.25, 0.3) is 21.2 Å². The van der Waals surface area contributed by atoms with Crippen LogP contribution in [0.4, 0.5) is 0 Å². The summed E-state index contributed by atoms with van der Waals surface area (Å²) in [6, 6.07) is 11.8. The average Bonchev–Trinajstić information content (AvgIpc) is 3.20. The molecule has 0 saturated heterocycles. The Hall–Kier alpha value is -2.60. The second kappa shape index (κ2) is 6.29. The fourth-order valence-electron chi connectivity index (χ4n) is 3.23. The summed E-state index contributed by atoms with van der Waals surface area (Å²) >= 11 is 1.50. The van der Waals surface area contributed by atoms with Crippen molar-refractivity contribution in [1.29, 1.82) is 0 Å². The van der Waals surface area contributed by atoms with Crippen molar-refractivity contribution in [3.05, 3.63) is 67.9 Å². The summed E-state index contributed by atoms with van der Waals surface area (Å²) in [6.07, 6.45) is 0.604. The fraction of sp³-hybridized carbons (Fsp3) is 0.300. The van der Waals surface area contributed by atoms with Crippen molar-refractivity contribution in [2.75, 3.05) is 0 Å². The molecule has 0 N–H and O–H groups in total. The van der Waals surface area contributed by atoms with E-state index in [2.05, 4.69) is 13.8 Å². The fourth-order valence-corrected chi connectivity index (χ4v) is 4.39. The molecule has 0 amide bonds. The number of thiophene rings is 1. The van der Waals surface area contributed by atoms with Gasteiger partial charge in [-0.05, 0) is 24.1 Å². The molecule has 0 aliphatic rings. The molecule has 1 aromatic carbocycles. The van der Waals surface area contributed by atoms with E-state index in [1.165, 1.54) is 23.0 Å². The van der Waals surface area contributed by atoms with E-state index in [1.807, 2.05) is 36.4 Å². The Kier molecular flexibility index (Phi) is 4.07. The molecular weight excluding hydrogens is 348 g/mol. The van der Waals surface area contributed by atoms with Crippen molar-refractivity contribution in [3.63, 3.8) is 0 Å². The van der Waals surface area contributed by atoms with Gasteiger partial charge in [-0.2, -0.15) is 0 Å². The number of rotatable bonds is 4. The number of aromatic nitrogens is 2. The number of nitrogens with zero attached hydrogens (tertiary/aromatic N) is 2. The van der Waals surface area contributed by atoms with Gasteiger partial charge in [0.2, 0.25) is 0 Å². The maximum absolute atomic E-state index is 12.5. The van der Waals surface area contributed by atoms with Crippen LogP contribution in [0.2, 0.25) is 0 Å². The number of hydrogen-bond acceptors (Lipinski definition) is 4. The van der Waals surface area contributed by atoms with Gasteiger partial charge in [0, 0.05) is 30.3 Å². The van der Waals surface area contributed by atoms with E-state index in [9.17, 15) is 9.59 Å². The Morgan fingerprint density at radius 1 is 1.15 bits per heavy atom. The molecule has 0 spiro atoms. The summed E-state index contributed by atoms with van der Waals surface area (Å²) in [5, 5.41) is 1.67. The summed E-state index contributed by atoms with van der Waals surface area (Å²) in [4.78, 5) is 26.8. The van der Waals surface area contributed by atoms with Crippen molar-refractivity contribution < 1.29 is 4.42 Å². The van der Waals surface area contributed by atoms with Crippen LogP contribution in [0.3, 0.4) is 0 Å². The van der Waals surface area contributed by atoms with E-state index in [0.717, 1.165) is 26.4 Å². The zero-order valence-electron chi connectivity index (χ0n) is 15.0. The molecule has 0 aliphatic carbocycles. The van der Waals surface area contributed by atoms with Gasteiger partial charge in [-0.25, -0.2) is 4.79 Å². The lowest BCUT2D eigenvalue weighted by molar-refractivity contribution is 0.504. The Labute approximate surface area is 154 Å². The van der Waals surface area contributed by atoms with Gasteiger partial charge in [0.25, 0.3) is 5.56 Å². The van der Waals surface area contributed by atoms with Crippen LogP contribution >= 0.6 is 11.3 Å². The van der Waals surface area contributed by atoms with Crippen LogP contribution in [0.1, 0.15) is 24.5 Å². The van der Waals surface area contributed by atoms with E-state index in [1.54, 1.807) is 4.57 Å². The molecule has 134 valence electrons. The first-order chi connectivity index (χ1) is 12.4. The Bertz CT molecular complexity index is 1190. The molecule has 3 aromatic heterocycles. The maximum atomic E-state index is 12.5. The van der Waals surface area contributed by atoms with Gasteiger partial charge in [0.1, 0.15) is 16.2 Å². The minimum Gasteiger partial charge on any atom is -0.461 e. The predicted molar refractivity (Wildman–Crippen MR) is 105 cm³/mol. The van der Waals surface area contributed by atoms with E-state index in [-0.39, 0.29) is 11.2 Å². The van der Waals surface area contributed by atoms with Gasteiger partial charge < -0.3 is 4.42 Å². The third-order valence-electron chi connectivity index (χ3n) is 4.43. The standard InChI is InChI=1S/C20H20N2O3S/c1-12(2)11-22-19-16(18(23)21(3)20(22)24)10-15(26-19)9-14-8-13-6-4-5-7-17(13)25-14/h4-8,10,12H,9,11H2,1-3H3. The van der Waals surface area contributed by atoms with Gasteiger partial charge in [0.05, 0.1) is 5.39 Å². The minimum atomic E-state index is -0.256. The summed E-state index contributed by atoms with van der Waals surface area (Å²) in [5.74, 6) is 1.17. The second-order valence-electron chi connectivity index (χ2n) is 7.01. The first kappa shape index (κ1) is 16.8. The summed E-state index contributed by atoms with van der Waals surface area (Å²) in [5.41, 5.74) is 0.363. The smallest absolute Gasteiger partial charge is 0.331 e. The van der Waals surface area contributed by atoms with Gasteiger partial charge in [-0.1, -0.05) is 32.0 Å². The minimum absolute atomic E-state index is 0.239. The highest BCUT2D eigenvalue weighted by molar-refractivity contribution is 7.18. The molecular formula is C20H20N2O3S. The van der Waals surface area contributed by atoms with Crippen LogP contribution in [-0.4, -0.2) is 9.13 Å². The second-order valence-corrected chi connectivity index (χ2v) is 8.13. The van der Waals surface area contributed by atoms with E-state index in [4.69, 9.17) is 4.42 Å². The lowest BCUT2D eigenvalue weighted by Crippen LogP contribution is -2.38. The predicted octanol–water partition coefficient (Wildman–Crippen LogP) is 3.75. The number of furan rings is 1. The van der Waals surface area contributed by atoms with E-state index < -0.39 is 0 Å². The maximum Gasteiger partial charge on any atom is 0.331 e. The number of hydrogen-bond donors (Lipinski definition) is 0. The Morgan fingerprint density at radius 3 is 2.65 bits per heavy atom. The number of benzene rings is 1. The molecule has 0 aliphatic heterocycles. The number of fused-ring (bicyclic) bond motifs is 2. The van der Waals surface area contributed by atoms with Gasteiger partial charge in [-0.15, -0.1) is 11.3 Å². The average molecular weight is 368 g/mol. The van der Waals surface area contributed by atoms with Crippen LogP contribution in [-0.2, 0) is 20.0 Å². The third kappa shape index (κ3) is 2.80. The lowest BCUT2D eigenvalue weighted by atomic mass is 10.2. The molecule has 0 bridgehead atoms. The molecule has 4 rings (SSSR count). The van der Waals surface area contributed by atoms with Crippen LogP contribution in [0.15, 0.2) is 50.4 Å². The quantitative estimate of drug-likeness (QED) is 0.551. The monoisotopic (exact) mass is 368 g/mol. The highest BCUT2D eigenvalue weighted by atomic mass is 32.1. The summed E-state index contributed by atoms with van der Waals surface area (Å²) in [7, 11) is 1.54. The van der Waals surface area contributed by atoms with Crippen molar-refractivity contribution in [2.45, 2.75) is 26.8 Å². The third-order valence-corrected chi connectivity index (χ3v) is 5.59. The van der Waals surface area contributed by atoms with Gasteiger partial charge >= 0.3 is 5.69 Å². The van der Waals surface area contributed by atoms with Crippen LogP contribution < -0.4 is 11.2 Å².